The fourth-order valence-electron chi connectivity index (χ4n) is 5.26. The molecule has 144 valence electrons. The van der Waals surface area contributed by atoms with Gasteiger partial charge in [-0.1, -0.05) is 39.0 Å². The molecule has 1 saturated carbocycles. The fourth-order valence-corrected chi connectivity index (χ4v) is 5.26. The Hall–Kier alpha value is -2.82. The van der Waals surface area contributed by atoms with Crippen LogP contribution in [0.2, 0.25) is 0 Å². The Balaban J connectivity index is 1.58. The minimum Gasteiger partial charge on any atom is -0.457 e. The third-order valence-corrected chi connectivity index (χ3v) is 7.16. The second-order valence-electron chi connectivity index (χ2n) is 8.65. The third kappa shape index (κ3) is 2.19. The van der Waals surface area contributed by atoms with Crippen LogP contribution in [0.25, 0.3) is 5.69 Å². The van der Waals surface area contributed by atoms with Gasteiger partial charge in [-0.15, -0.1) is 0 Å². The summed E-state index contributed by atoms with van der Waals surface area (Å²) in [5, 5.41) is 4.92. The van der Waals surface area contributed by atoms with E-state index in [1.54, 1.807) is 12.1 Å². The van der Waals surface area contributed by atoms with Crippen LogP contribution in [0.1, 0.15) is 67.0 Å². The topological polar surface area (TPSA) is 57.3 Å². The summed E-state index contributed by atoms with van der Waals surface area (Å²) in [5.74, 6) is 0.192. The number of rotatable bonds is 4. The minimum absolute atomic E-state index is 0.0547. The number of furan rings is 1. The fraction of sp³-hybridized carbons (Fsp3) is 0.391. The Morgan fingerprint density at radius 1 is 1.21 bits per heavy atom. The molecule has 0 amide bonds. The molecule has 0 unspecified atom stereocenters. The lowest BCUT2D eigenvalue weighted by molar-refractivity contribution is 0.0429. The van der Waals surface area contributed by atoms with Crippen LogP contribution in [-0.2, 0) is 16.8 Å². The summed E-state index contributed by atoms with van der Waals surface area (Å²) in [5.41, 5.74) is 4.67. The highest BCUT2D eigenvalue weighted by atomic mass is 16.5. The summed E-state index contributed by atoms with van der Waals surface area (Å²) in [6.07, 6.45) is 3.78. The molecule has 2 aromatic heterocycles. The lowest BCUT2D eigenvalue weighted by Crippen LogP contribution is -2.33. The van der Waals surface area contributed by atoms with Gasteiger partial charge >= 0.3 is 5.97 Å². The predicted octanol–water partition coefficient (Wildman–Crippen LogP) is 5.00. The summed E-state index contributed by atoms with van der Waals surface area (Å²) in [7, 11) is 0. The summed E-state index contributed by atoms with van der Waals surface area (Å²) < 4.78 is 12.8. The van der Waals surface area contributed by atoms with Crippen molar-refractivity contribution in [2.24, 2.45) is 5.41 Å². The van der Waals surface area contributed by atoms with E-state index in [4.69, 9.17) is 14.3 Å². The maximum atomic E-state index is 12.3. The number of hydrogen-bond acceptors (Lipinski definition) is 4. The highest BCUT2D eigenvalue weighted by molar-refractivity contribution is 5.86. The number of nitrogens with zero attached hydrogens (tertiary/aromatic N) is 2. The number of carbonyl (C=O) groups excluding carboxylic acids is 1. The maximum Gasteiger partial charge on any atom is 0.374 e. The Kier molecular flexibility index (Phi) is 3.60. The predicted molar refractivity (Wildman–Crippen MR) is 104 cm³/mol. The van der Waals surface area contributed by atoms with E-state index in [2.05, 4.69) is 37.6 Å². The SMILES string of the molecule is CC1(C)[C@@H]2CC[C@@]1(C)c1c2c(COC(=O)c2ccco2)nn1-c1ccccc1. The van der Waals surface area contributed by atoms with Gasteiger partial charge in [0.05, 0.1) is 17.6 Å². The molecule has 0 saturated heterocycles. The Labute approximate surface area is 164 Å². The molecule has 2 aliphatic carbocycles. The van der Waals surface area contributed by atoms with Crippen LogP contribution in [0.4, 0.5) is 0 Å². The zero-order chi connectivity index (χ0) is 19.5. The lowest BCUT2D eigenvalue weighted by Gasteiger charge is -2.35. The average molecular weight is 376 g/mol. The van der Waals surface area contributed by atoms with Crippen LogP contribution >= 0.6 is 0 Å². The molecule has 0 spiro atoms. The summed E-state index contributed by atoms with van der Waals surface area (Å²) in [4.78, 5) is 12.3. The normalized spacial score (nSPS) is 24.3. The van der Waals surface area contributed by atoms with Crippen molar-refractivity contribution in [3.05, 3.63) is 71.4 Å². The van der Waals surface area contributed by atoms with E-state index in [0.717, 1.165) is 24.2 Å². The van der Waals surface area contributed by atoms with Crippen molar-refractivity contribution < 1.29 is 13.9 Å². The molecule has 0 N–H and O–H groups in total. The van der Waals surface area contributed by atoms with E-state index in [1.807, 2.05) is 18.2 Å². The van der Waals surface area contributed by atoms with Crippen LogP contribution in [-0.4, -0.2) is 15.7 Å². The van der Waals surface area contributed by atoms with Gasteiger partial charge in [-0.3, -0.25) is 0 Å². The van der Waals surface area contributed by atoms with Gasteiger partial charge in [-0.05, 0) is 48.4 Å². The van der Waals surface area contributed by atoms with Gasteiger partial charge in [0.1, 0.15) is 12.3 Å². The van der Waals surface area contributed by atoms with E-state index in [9.17, 15) is 4.79 Å². The number of aromatic nitrogens is 2. The summed E-state index contributed by atoms with van der Waals surface area (Å²) >= 11 is 0. The van der Waals surface area contributed by atoms with Crippen molar-refractivity contribution in [1.82, 2.24) is 9.78 Å². The van der Waals surface area contributed by atoms with Crippen molar-refractivity contribution in [3.63, 3.8) is 0 Å². The average Bonchev–Trinajstić information content (AvgIpc) is 3.42. The Morgan fingerprint density at radius 3 is 2.71 bits per heavy atom. The molecular weight excluding hydrogens is 352 g/mol. The summed E-state index contributed by atoms with van der Waals surface area (Å²) in [6.45, 7) is 7.24. The first-order chi connectivity index (χ1) is 13.4. The zero-order valence-corrected chi connectivity index (χ0v) is 16.4. The number of para-hydroxylation sites is 1. The number of carbonyl (C=O) groups is 1. The van der Waals surface area contributed by atoms with Gasteiger partial charge in [0.25, 0.3) is 0 Å². The van der Waals surface area contributed by atoms with Crippen LogP contribution in [0.3, 0.4) is 0 Å². The first kappa shape index (κ1) is 17.3. The van der Waals surface area contributed by atoms with Crippen molar-refractivity contribution in [1.29, 1.82) is 0 Å². The second-order valence-corrected chi connectivity index (χ2v) is 8.65. The Morgan fingerprint density at radius 2 is 2.00 bits per heavy atom. The van der Waals surface area contributed by atoms with E-state index in [1.165, 1.54) is 17.5 Å². The molecular formula is C23H24N2O3. The van der Waals surface area contributed by atoms with Gasteiger partial charge < -0.3 is 9.15 Å². The molecule has 1 aromatic carbocycles. The lowest BCUT2D eigenvalue weighted by atomic mass is 9.70. The quantitative estimate of drug-likeness (QED) is 0.602. The first-order valence-electron chi connectivity index (χ1n) is 9.82. The molecule has 2 bridgehead atoms. The second kappa shape index (κ2) is 5.84. The molecule has 2 atom stereocenters. The number of esters is 1. The summed E-state index contributed by atoms with van der Waals surface area (Å²) in [6, 6.07) is 13.5. The molecule has 5 heteroatoms. The Bertz CT molecular complexity index is 1030. The highest BCUT2D eigenvalue weighted by Gasteiger charge is 2.62. The van der Waals surface area contributed by atoms with Crippen LogP contribution < -0.4 is 0 Å². The van der Waals surface area contributed by atoms with E-state index >= 15 is 0 Å². The largest absolute Gasteiger partial charge is 0.457 e. The standard InChI is InChI=1S/C23H24N2O3/c1-22(2)16-11-12-23(22,3)20-19(16)17(14-28-21(26)18-10-7-13-27-18)24-25(20)15-8-5-4-6-9-15/h4-10,13,16H,11-12,14H2,1-3H3/t16-,23+/m1/s1. The smallest absolute Gasteiger partial charge is 0.374 e. The highest BCUT2D eigenvalue weighted by Crippen LogP contribution is 2.68. The number of ether oxygens (including phenoxy) is 1. The first-order valence-corrected chi connectivity index (χ1v) is 9.82. The maximum absolute atomic E-state index is 12.3. The number of benzene rings is 1. The molecule has 0 aliphatic heterocycles. The number of fused-ring (bicyclic) bond motifs is 5. The van der Waals surface area contributed by atoms with Gasteiger partial charge in [0, 0.05) is 11.0 Å². The third-order valence-electron chi connectivity index (χ3n) is 7.16. The molecule has 5 nitrogen and oxygen atoms in total. The minimum atomic E-state index is -0.457. The number of hydrogen-bond donors (Lipinski definition) is 0. The van der Waals surface area contributed by atoms with Gasteiger partial charge in [-0.2, -0.15) is 5.10 Å². The van der Waals surface area contributed by atoms with E-state index in [-0.39, 0.29) is 23.2 Å². The van der Waals surface area contributed by atoms with Crippen LogP contribution in [0.5, 0.6) is 0 Å². The van der Waals surface area contributed by atoms with Crippen LogP contribution in [0, 0.1) is 5.41 Å². The van der Waals surface area contributed by atoms with Gasteiger partial charge in [-0.25, -0.2) is 9.48 Å². The van der Waals surface area contributed by atoms with Crippen LogP contribution in [0.15, 0.2) is 53.1 Å². The van der Waals surface area contributed by atoms with Crippen molar-refractivity contribution in [2.45, 2.75) is 51.6 Å². The molecule has 2 heterocycles. The van der Waals surface area contributed by atoms with Gasteiger partial charge in [0.15, 0.2) is 0 Å². The van der Waals surface area contributed by atoms with Crippen molar-refractivity contribution in [3.8, 4) is 5.69 Å². The van der Waals surface area contributed by atoms with E-state index < -0.39 is 5.97 Å². The van der Waals surface area contributed by atoms with Crippen molar-refractivity contribution in [2.75, 3.05) is 0 Å². The van der Waals surface area contributed by atoms with Crippen molar-refractivity contribution >= 4 is 5.97 Å². The van der Waals surface area contributed by atoms with E-state index in [0.29, 0.717) is 5.92 Å². The molecule has 5 rings (SSSR count). The zero-order valence-electron chi connectivity index (χ0n) is 16.4. The monoisotopic (exact) mass is 376 g/mol. The molecule has 2 aliphatic rings. The molecule has 0 radical (unpaired) electrons. The molecule has 3 aromatic rings. The molecule has 28 heavy (non-hydrogen) atoms. The van der Waals surface area contributed by atoms with Gasteiger partial charge in [0.2, 0.25) is 5.76 Å². The molecule has 1 fully saturated rings.